The van der Waals surface area contributed by atoms with Gasteiger partial charge in [-0.15, -0.1) is 0 Å². The summed E-state index contributed by atoms with van der Waals surface area (Å²) in [4.78, 5) is 23.4. The summed E-state index contributed by atoms with van der Waals surface area (Å²) in [6, 6.07) is 7.73. The van der Waals surface area contributed by atoms with Crippen LogP contribution in [0.25, 0.3) is 0 Å². The molecule has 0 saturated carbocycles. The van der Waals surface area contributed by atoms with Gasteiger partial charge in [-0.25, -0.2) is 13.6 Å². The van der Waals surface area contributed by atoms with E-state index in [0.717, 1.165) is 22.2 Å². The van der Waals surface area contributed by atoms with E-state index in [1.807, 2.05) is 6.07 Å². The highest BCUT2D eigenvalue weighted by Crippen LogP contribution is 2.20. The predicted octanol–water partition coefficient (Wildman–Crippen LogP) is 3.83. The Morgan fingerprint density at radius 3 is 2.57 bits per heavy atom. The van der Waals surface area contributed by atoms with Gasteiger partial charge in [0.1, 0.15) is 11.6 Å². The number of rotatable bonds is 4. The molecule has 1 N–H and O–H groups in total. The zero-order valence-corrected chi connectivity index (χ0v) is 13.6. The van der Waals surface area contributed by atoms with Crippen LogP contribution in [0, 0.1) is 18.6 Å². The quantitative estimate of drug-likeness (QED) is 0.816. The molecule has 0 unspecified atom stereocenters. The summed E-state index contributed by atoms with van der Waals surface area (Å²) in [5, 5.41) is 2.58. The molecule has 0 radical (unpaired) electrons. The predicted molar refractivity (Wildman–Crippen MR) is 84.1 cm³/mol. The molecule has 0 aromatic heterocycles. The van der Waals surface area contributed by atoms with Crippen LogP contribution in [0.3, 0.4) is 0 Å². The van der Waals surface area contributed by atoms with Crippen LogP contribution in [0.15, 0.2) is 40.9 Å². The topological polar surface area (TPSA) is 55.4 Å². The molecule has 120 valence electrons. The molecule has 1 amide bonds. The van der Waals surface area contributed by atoms with Gasteiger partial charge >= 0.3 is 5.97 Å². The fourth-order valence-electron chi connectivity index (χ4n) is 1.82. The second-order valence-corrected chi connectivity index (χ2v) is 5.62. The first-order chi connectivity index (χ1) is 10.9. The van der Waals surface area contributed by atoms with E-state index in [4.69, 9.17) is 4.74 Å². The molecule has 0 fully saturated rings. The Balaban J connectivity index is 1.94. The molecule has 23 heavy (non-hydrogen) atoms. The molecule has 0 spiro atoms. The molecule has 7 heteroatoms. The number of hydrogen-bond acceptors (Lipinski definition) is 3. The number of aryl methyl sites for hydroxylation is 1. The largest absolute Gasteiger partial charge is 0.452 e. The Hall–Kier alpha value is -2.28. The number of hydrogen-bond donors (Lipinski definition) is 1. The van der Waals surface area contributed by atoms with Gasteiger partial charge in [0.15, 0.2) is 6.61 Å². The molecule has 0 aliphatic rings. The number of amides is 1. The molecule has 2 aromatic carbocycles. The molecule has 0 saturated heterocycles. The lowest BCUT2D eigenvalue weighted by atomic mass is 10.2. The minimum Gasteiger partial charge on any atom is -0.452 e. The van der Waals surface area contributed by atoms with Crippen molar-refractivity contribution in [3.63, 3.8) is 0 Å². The Morgan fingerprint density at radius 2 is 1.91 bits per heavy atom. The summed E-state index contributed by atoms with van der Waals surface area (Å²) in [5.41, 5.74) is 0.963. The highest BCUT2D eigenvalue weighted by molar-refractivity contribution is 9.10. The molecule has 0 aliphatic carbocycles. The van der Waals surface area contributed by atoms with E-state index in [1.165, 1.54) is 0 Å². The van der Waals surface area contributed by atoms with Crippen molar-refractivity contribution in [1.82, 2.24) is 0 Å². The van der Waals surface area contributed by atoms with E-state index in [9.17, 15) is 18.4 Å². The summed E-state index contributed by atoms with van der Waals surface area (Å²) in [6.07, 6.45) is 0. The molecule has 0 heterocycles. The van der Waals surface area contributed by atoms with Crippen LogP contribution in [0.1, 0.15) is 15.9 Å². The van der Waals surface area contributed by atoms with Crippen LogP contribution < -0.4 is 5.32 Å². The van der Waals surface area contributed by atoms with E-state index >= 15 is 0 Å². The maximum Gasteiger partial charge on any atom is 0.341 e. The number of carbonyl (C=O) groups excluding carboxylic acids is 2. The third kappa shape index (κ3) is 4.59. The number of halogens is 3. The van der Waals surface area contributed by atoms with Crippen LogP contribution in [0.4, 0.5) is 14.5 Å². The van der Waals surface area contributed by atoms with Gasteiger partial charge in [-0.1, -0.05) is 15.9 Å². The number of carbonyl (C=O) groups is 2. The first-order valence-electron chi connectivity index (χ1n) is 6.55. The highest BCUT2D eigenvalue weighted by atomic mass is 79.9. The highest BCUT2D eigenvalue weighted by Gasteiger charge is 2.15. The minimum atomic E-state index is -1.04. The Kier molecular flexibility index (Phi) is 5.44. The molecule has 2 rings (SSSR count). The maximum atomic E-state index is 13.4. The lowest BCUT2D eigenvalue weighted by molar-refractivity contribution is -0.119. The molecule has 0 aliphatic heterocycles. The van der Waals surface area contributed by atoms with Crippen LogP contribution >= 0.6 is 15.9 Å². The number of nitrogens with one attached hydrogen (secondary N) is 1. The summed E-state index contributed by atoms with van der Waals surface area (Å²) in [7, 11) is 0. The standard InChI is InChI=1S/C16H12BrF2NO3/c1-9-6-10(17)2-5-14(9)20-15(21)8-23-16(22)12-4-3-11(18)7-13(12)19/h2-7H,8H2,1H3,(H,20,21). The van der Waals surface area contributed by atoms with Crippen molar-refractivity contribution >= 4 is 33.5 Å². The number of ether oxygens (including phenoxy) is 1. The van der Waals surface area contributed by atoms with Gasteiger partial charge in [0.2, 0.25) is 0 Å². The van der Waals surface area contributed by atoms with Crippen molar-refractivity contribution in [1.29, 1.82) is 0 Å². The van der Waals surface area contributed by atoms with Crippen molar-refractivity contribution < 1.29 is 23.1 Å². The summed E-state index contributed by atoms with van der Waals surface area (Å²) in [6.45, 7) is 1.23. The van der Waals surface area contributed by atoms with E-state index < -0.39 is 35.7 Å². The van der Waals surface area contributed by atoms with E-state index in [1.54, 1.807) is 19.1 Å². The van der Waals surface area contributed by atoms with Gasteiger partial charge in [0, 0.05) is 16.2 Å². The smallest absolute Gasteiger partial charge is 0.341 e. The third-order valence-electron chi connectivity index (χ3n) is 2.95. The van der Waals surface area contributed by atoms with Gasteiger partial charge < -0.3 is 10.1 Å². The van der Waals surface area contributed by atoms with Crippen LogP contribution in [0.2, 0.25) is 0 Å². The Labute approximate surface area is 139 Å². The second kappa shape index (κ2) is 7.32. The summed E-state index contributed by atoms with van der Waals surface area (Å²) < 4.78 is 31.8. The molecule has 0 atom stereocenters. The van der Waals surface area contributed by atoms with Crippen molar-refractivity contribution in [2.45, 2.75) is 6.92 Å². The van der Waals surface area contributed by atoms with E-state index in [-0.39, 0.29) is 0 Å². The van der Waals surface area contributed by atoms with E-state index in [2.05, 4.69) is 21.2 Å². The Morgan fingerprint density at radius 1 is 1.17 bits per heavy atom. The zero-order chi connectivity index (χ0) is 17.0. The molecule has 4 nitrogen and oxygen atoms in total. The van der Waals surface area contributed by atoms with Gasteiger partial charge in [0.25, 0.3) is 5.91 Å². The minimum absolute atomic E-state index is 0.431. The summed E-state index contributed by atoms with van der Waals surface area (Å²) >= 11 is 3.31. The Bertz CT molecular complexity index is 765. The zero-order valence-electron chi connectivity index (χ0n) is 12.0. The molecular weight excluding hydrogens is 372 g/mol. The second-order valence-electron chi connectivity index (χ2n) is 4.71. The maximum absolute atomic E-state index is 13.4. The van der Waals surface area contributed by atoms with Gasteiger partial charge in [-0.3, -0.25) is 4.79 Å². The van der Waals surface area contributed by atoms with Gasteiger partial charge in [-0.05, 0) is 42.8 Å². The van der Waals surface area contributed by atoms with Crippen molar-refractivity contribution in [2.24, 2.45) is 0 Å². The number of benzene rings is 2. The van der Waals surface area contributed by atoms with Crippen LogP contribution in [0.5, 0.6) is 0 Å². The first-order valence-corrected chi connectivity index (χ1v) is 7.34. The monoisotopic (exact) mass is 383 g/mol. The van der Waals surface area contributed by atoms with Crippen molar-refractivity contribution in [3.8, 4) is 0 Å². The SMILES string of the molecule is Cc1cc(Br)ccc1NC(=O)COC(=O)c1ccc(F)cc1F. The number of anilines is 1. The fraction of sp³-hybridized carbons (Fsp3) is 0.125. The lowest BCUT2D eigenvalue weighted by Crippen LogP contribution is -2.21. The van der Waals surface area contributed by atoms with Gasteiger partial charge in [-0.2, -0.15) is 0 Å². The third-order valence-corrected chi connectivity index (χ3v) is 3.44. The molecule has 2 aromatic rings. The molecular formula is C16H12BrF2NO3. The lowest BCUT2D eigenvalue weighted by Gasteiger charge is -2.09. The van der Waals surface area contributed by atoms with Crippen LogP contribution in [-0.2, 0) is 9.53 Å². The van der Waals surface area contributed by atoms with Crippen molar-refractivity contribution in [3.05, 3.63) is 63.6 Å². The average molecular weight is 384 g/mol. The first kappa shape index (κ1) is 17.1. The fourth-order valence-corrected chi connectivity index (χ4v) is 2.29. The van der Waals surface area contributed by atoms with Crippen LogP contribution in [-0.4, -0.2) is 18.5 Å². The van der Waals surface area contributed by atoms with E-state index in [0.29, 0.717) is 11.8 Å². The van der Waals surface area contributed by atoms with Crippen molar-refractivity contribution in [2.75, 3.05) is 11.9 Å². The average Bonchev–Trinajstić information content (AvgIpc) is 2.48. The number of esters is 1. The normalized spacial score (nSPS) is 10.3. The summed E-state index contributed by atoms with van der Waals surface area (Å²) in [5.74, 6) is -3.45. The van der Waals surface area contributed by atoms with Gasteiger partial charge in [0.05, 0.1) is 5.56 Å². The molecule has 0 bridgehead atoms.